The molecule has 0 aliphatic carbocycles. The summed E-state index contributed by atoms with van der Waals surface area (Å²) in [6.07, 6.45) is -0.424. The molecule has 30 heavy (non-hydrogen) atoms. The average Bonchev–Trinajstić information content (AvgIpc) is 2.69. The van der Waals surface area contributed by atoms with Crippen LogP contribution in [-0.2, 0) is 19.1 Å². The molecule has 6 heteroatoms. The number of hydrogen-bond donors (Lipinski definition) is 0. The minimum atomic E-state index is -0.435. The fourth-order valence-corrected chi connectivity index (χ4v) is 3.22. The summed E-state index contributed by atoms with van der Waals surface area (Å²) in [4.78, 5) is 24.0. The number of ether oxygens (including phenoxy) is 4. The van der Waals surface area contributed by atoms with Crippen molar-refractivity contribution in [3.05, 3.63) is 48.5 Å². The van der Waals surface area contributed by atoms with E-state index < -0.39 is 11.9 Å². The van der Waals surface area contributed by atoms with Crippen molar-refractivity contribution in [2.45, 2.75) is 39.9 Å². The van der Waals surface area contributed by atoms with Crippen LogP contribution in [0.5, 0.6) is 11.5 Å². The Hall–Kier alpha value is -3.28. The molecule has 3 rings (SSSR count). The maximum absolute atomic E-state index is 12.0. The fraction of sp³-hybridized carbons (Fsp3) is 0.333. The van der Waals surface area contributed by atoms with Gasteiger partial charge in [0.25, 0.3) is 0 Å². The Kier molecular flexibility index (Phi) is 6.77. The zero-order chi connectivity index (χ0) is 21.7. The molecule has 0 saturated heterocycles. The second-order valence-electron chi connectivity index (χ2n) is 7.40. The molecule has 0 aliphatic heterocycles. The van der Waals surface area contributed by atoms with Crippen molar-refractivity contribution >= 4 is 33.5 Å². The molecule has 0 fully saturated rings. The number of hydrogen-bond acceptors (Lipinski definition) is 6. The second-order valence-corrected chi connectivity index (χ2v) is 7.40. The van der Waals surface area contributed by atoms with Crippen LogP contribution in [0.2, 0.25) is 0 Å². The number of fused-ring (bicyclic) bond motifs is 2. The van der Waals surface area contributed by atoms with Gasteiger partial charge in [0, 0.05) is 21.5 Å². The van der Waals surface area contributed by atoms with Crippen LogP contribution in [0.4, 0.5) is 0 Å². The maximum atomic E-state index is 12.0. The predicted octanol–water partition coefficient (Wildman–Crippen LogP) is 4.65. The van der Waals surface area contributed by atoms with Crippen LogP contribution in [0.15, 0.2) is 48.5 Å². The summed E-state index contributed by atoms with van der Waals surface area (Å²) in [5.74, 6) is 0.267. The van der Waals surface area contributed by atoms with E-state index in [0.29, 0.717) is 11.5 Å². The van der Waals surface area contributed by atoms with Gasteiger partial charge in [-0.2, -0.15) is 0 Å². The van der Waals surface area contributed by atoms with Gasteiger partial charge in [0.15, 0.2) is 13.2 Å². The summed E-state index contributed by atoms with van der Waals surface area (Å²) >= 11 is 0. The smallest absolute Gasteiger partial charge is 0.344 e. The van der Waals surface area contributed by atoms with E-state index in [9.17, 15) is 9.59 Å². The van der Waals surface area contributed by atoms with E-state index in [-0.39, 0.29) is 25.4 Å². The summed E-state index contributed by atoms with van der Waals surface area (Å²) in [5.41, 5.74) is 0. The Labute approximate surface area is 175 Å². The standard InChI is InChI=1S/C24H26O6/c1-15(2)29-21(25)13-27-23-17-9-5-7-11-19(17)24(20-12-8-6-10-18(20)23)28-14-22(26)30-16(3)4/h5-12,15-16H,13-14H2,1-4H3. The van der Waals surface area contributed by atoms with Gasteiger partial charge in [0.1, 0.15) is 11.5 Å². The first-order valence-electron chi connectivity index (χ1n) is 9.94. The minimum Gasteiger partial charge on any atom is -0.481 e. The first-order chi connectivity index (χ1) is 14.4. The van der Waals surface area contributed by atoms with Crippen LogP contribution in [0.3, 0.4) is 0 Å². The van der Waals surface area contributed by atoms with Gasteiger partial charge >= 0.3 is 11.9 Å². The monoisotopic (exact) mass is 410 g/mol. The normalized spacial score (nSPS) is 11.1. The summed E-state index contributed by atoms with van der Waals surface area (Å²) in [7, 11) is 0. The van der Waals surface area contributed by atoms with Crippen molar-refractivity contribution in [1.29, 1.82) is 0 Å². The van der Waals surface area contributed by atoms with Crippen molar-refractivity contribution in [3.63, 3.8) is 0 Å². The summed E-state index contributed by atoms with van der Waals surface area (Å²) in [5, 5.41) is 3.11. The molecular weight excluding hydrogens is 384 g/mol. The third-order valence-corrected chi connectivity index (χ3v) is 4.24. The number of esters is 2. The van der Waals surface area contributed by atoms with Gasteiger partial charge in [-0.3, -0.25) is 0 Å². The zero-order valence-corrected chi connectivity index (χ0v) is 17.6. The number of benzene rings is 3. The van der Waals surface area contributed by atoms with Gasteiger partial charge in [-0.1, -0.05) is 48.5 Å². The minimum absolute atomic E-state index is 0.201. The number of rotatable bonds is 8. The predicted molar refractivity (Wildman–Crippen MR) is 115 cm³/mol. The van der Waals surface area contributed by atoms with Crippen molar-refractivity contribution in [1.82, 2.24) is 0 Å². The highest BCUT2D eigenvalue weighted by atomic mass is 16.6. The molecule has 0 radical (unpaired) electrons. The summed E-state index contributed by atoms with van der Waals surface area (Å²) in [6.45, 7) is 6.76. The molecule has 0 aliphatic rings. The lowest BCUT2D eigenvalue weighted by Gasteiger charge is -2.18. The van der Waals surface area contributed by atoms with E-state index in [2.05, 4.69) is 0 Å². The van der Waals surface area contributed by atoms with Crippen LogP contribution in [0.25, 0.3) is 21.5 Å². The molecule has 0 atom stereocenters. The van der Waals surface area contributed by atoms with Crippen molar-refractivity contribution in [2.24, 2.45) is 0 Å². The van der Waals surface area contributed by atoms with Gasteiger partial charge in [0.05, 0.1) is 12.2 Å². The van der Waals surface area contributed by atoms with Gasteiger partial charge in [-0.25, -0.2) is 9.59 Å². The van der Waals surface area contributed by atoms with Crippen molar-refractivity contribution < 1.29 is 28.5 Å². The quantitative estimate of drug-likeness (QED) is 0.398. The molecule has 3 aromatic carbocycles. The Morgan fingerprint density at radius 1 is 0.633 bits per heavy atom. The molecule has 3 aromatic rings. The first kappa shape index (κ1) is 21.4. The van der Waals surface area contributed by atoms with Gasteiger partial charge in [0.2, 0.25) is 0 Å². The molecule has 0 aromatic heterocycles. The third-order valence-electron chi connectivity index (χ3n) is 4.24. The van der Waals surface area contributed by atoms with Crippen molar-refractivity contribution in [3.8, 4) is 11.5 Å². The van der Waals surface area contributed by atoms with E-state index in [4.69, 9.17) is 18.9 Å². The van der Waals surface area contributed by atoms with Crippen LogP contribution < -0.4 is 9.47 Å². The topological polar surface area (TPSA) is 71.1 Å². The molecular formula is C24H26O6. The molecule has 158 valence electrons. The largest absolute Gasteiger partial charge is 0.481 e. The van der Waals surface area contributed by atoms with Gasteiger partial charge < -0.3 is 18.9 Å². The summed E-state index contributed by atoms with van der Waals surface area (Å²) in [6, 6.07) is 15.1. The lowest BCUT2D eigenvalue weighted by molar-refractivity contribution is -0.150. The van der Waals surface area contributed by atoms with Crippen LogP contribution in [-0.4, -0.2) is 37.4 Å². The van der Waals surface area contributed by atoms with Crippen LogP contribution in [0.1, 0.15) is 27.7 Å². The second kappa shape index (κ2) is 9.48. The first-order valence-corrected chi connectivity index (χ1v) is 9.94. The number of carbonyl (C=O) groups is 2. The Morgan fingerprint density at radius 2 is 0.933 bits per heavy atom. The van der Waals surface area contributed by atoms with E-state index in [1.807, 2.05) is 48.5 Å². The molecule has 0 amide bonds. The van der Waals surface area contributed by atoms with Crippen LogP contribution in [0, 0.1) is 0 Å². The molecule has 0 spiro atoms. The Morgan fingerprint density at radius 3 is 1.20 bits per heavy atom. The van der Waals surface area contributed by atoms with E-state index in [0.717, 1.165) is 21.5 Å². The van der Waals surface area contributed by atoms with E-state index >= 15 is 0 Å². The molecule has 0 heterocycles. The van der Waals surface area contributed by atoms with Gasteiger partial charge in [-0.15, -0.1) is 0 Å². The molecule has 0 N–H and O–H groups in total. The van der Waals surface area contributed by atoms with Gasteiger partial charge in [-0.05, 0) is 27.7 Å². The molecule has 6 nitrogen and oxygen atoms in total. The SMILES string of the molecule is CC(C)OC(=O)COc1c2ccccc2c(OCC(=O)OC(C)C)c2ccccc12. The molecule has 0 saturated carbocycles. The van der Waals surface area contributed by atoms with Crippen molar-refractivity contribution in [2.75, 3.05) is 13.2 Å². The van der Waals surface area contributed by atoms with Crippen LogP contribution >= 0.6 is 0 Å². The maximum Gasteiger partial charge on any atom is 0.344 e. The summed E-state index contributed by atoms with van der Waals surface area (Å²) < 4.78 is 22.2. The average molecular weight is 410 g/mol. The molecule has 0 unspecified atom stereocenters. The third kappa shape index (κ3) is 5.00. The Balaban J connectivity index is 2.02. The highest BCUT2D eigenvalue weighted by Crippen LogP contribution is 2.42. The lowest BCUT2D eigenvalue weighted by Crippen LogP contribution is -2.19. The number of carbonyl (C=O) groups excluding carboxylic acids is 2. The Bertz CT molecular complexity index is 913. The zero-order valence-electron chi connectivity index (χ0n) is 17.6. The highest BCUT2D eigenvalue weighted by molar-refractivity contribution is 6.11. The highest BCUT2D eigenvalue weighted by Gasteiger charge is 2.18. The fourth-order valence-electron chi connectivity index (χ4n) is 3.22. The van der Waals surface area contributed by atoms with E-state index in [1.165, 1.54) is 0 Å². The molecule has 0 bridgehead atoms. The van der Waals surface area contributed by atoms with E-state index in [1.54, 1.807) is 27.7 Å². The lowest BCUT2D eigenvalue weighted by atomic mass is 10.0.